The van der Waals surface area contributed by atoms with Crippen molar-refractivity contribution in [3.63, 3.8) is 0 Å². The van der Waals surface area contributed by atoms with Gasteiger partial charge in [0.05, 0.1) is 5.69 Å². The molecule has 2 nitrogen and oxygen atoms in total. The fourth-order valence-electron chi connectivity index (χ4n) is 2.13. The first-order valence-corrected chi connectivity index (χ1v) is 5.78. The topological polar surface area (TPSA) is 30.0 Å². The molecule has 0 aliphatic rings. The molecule has 3 aromatic rings. The lowest BCUT2D eigenvalue weighted by atomic mass is 10.0. The maximum Gasteiger partial charge on any atom is 0.152 e. The summed E-state index contributed by atoms with van der Waals surface area (Å²) in [6.07, 6.45) is 2.49. The van der Waals surface area contributed by atoms with E-state index in [0.29, 0.717) is 5.56 Å². The highest BCUT2D eigenvalue weighted by molar-refractivity contribution is 6.03. The zero-order valence-corrected chi connectivity index (χ0v) is 9.71. The van der Waals surface area contributed by atoms with Crippen molar-refractivity contribution >= 4 is 17.1 Å². The number of pyridine rings is 1. The van der Waals surface area contributed by atoms with E-state index in [9.17, 15) is 4.79 Å². The number of fused-ring (bicyclic) bond motifs is 1. The quantitative estimate of drug-likeness (QED) is 0.631. The summed E-state index contributed by atoms with van der Waals surface area (Å²) in [7, 11) is 0. The minimum absolute atomic E-state index is 0.630. The lowest BCUT2D eigenvalue weighted by Gasteiger charge is -2.07. The summed E-state index contributed by atoms with van der Waals surface area (Å²) in [6, 6.07) is 17.8. The van der Waals surface area contributed by atoms with Gasteiger partial charge in [-0.25, -0.2) is 0 Å². The van der Waals surface area contributed by atoms with Crippen LogP contribution in [-0.2, 0) is 0 Å². The Labute approximate surface area is 105 Å². The minimum Gasteiger partial charge on any atom is -0.298 e. The first-order chi connectivity index (χ1) is 8.90. The van der Waals surface area contributed by atoms with Gasteiger partial charge in [0.1, 0.15) is 0 Å². The SMILES string of the molecule is O=Cc1cnc(-c2ccccc2)c2ccccc12. The predicted molar refractivity (Wildman–Crippen MR) is 72.6 cm³/mol. The van der Waals surface area contributed by atoms with Crippen LogP contribution >= 0.6 is 0 Å². The van der Waals surface area contributed by atoms with Crippen molar-refractivity contribution in [2.75, 3.05) is 0 Å². The van der Waals surface area contributed by atoms with Crippen LogP contribution in [0.1, 0.15) is 10.4 Å². The van der Waals surface area contributed by atoms with E-state index >= 15 is 0 Å². The highest BCUT2D eigenvalue weighted by Crippen LogP contribution is 2.27. The second-order valence-corrected chi connectivity index (χ2v) is 4.09. The second-order valence-electron chi connectivity index (χ2n) is 4.09. The monoisotopic (exact) mass is 233 g/mol. The number of rotatable bonds is 2. The van der Waals surface area contributed by atoms with Crippen LogP contribution in [0.2, 0.25) is 0 Å². The standard InChI is InChI=1S/C16H11NO/c18-11-13-10-17-16(12-6-2-1-3-7-12)15-9-5-4-8-14(13)15/h1-11H. The Morgan fingerprint density at radius 3 is 2.22 bits per heavy atom. The van der Waals surface area contributed by atoms with Crippen LogP contribution in [-0.4, -0.2) is 11.3 Å². The van der Waals surface area contributed by atoms with Gasteiger partial charge in [0.15, 0.2) is 6.29 Å². The lowest BCUT2D eigenvalue weighted by molar-refractivity contribution is 0.112. The van der Waals surface area contributed by atoms with Crippen LogP contribution in [0.3, 0.4) is 0 Å². The third-order valence-electron chi connectivity index (χ3n) is 3.00. The molecule has 18 heavy (non-hydrogen) atoms. The molecule has 0 saturated carbocycles. The highest BCUT2D eigenvalue weighted by Gasteiger charge is 2.07. The molecule has 3 rings (SSSR count). The molecule has 1 heterocycles. The normalized spacial score (nSPS) is 10.4. The molecule has 0 radical (unpaired) electrons. The van der Waals surface area contributed by atoms with Crippen LogP contribution in [0.25, 0.3) is 22.0 Å². The zero-order chi connectivity index (χ0) is 12.4. The van der Waals surface area contributed by atoms with Gasteiger partial charge in [0.25, 0.3) is 0 Å². The summed E-state index contributed by atoms with van der Waals surface area (Å²) in [4.78, 5) is 15.4. The summed E-state index contributed by atoms with van der Waals surface area (Å²) in [5.41, 5.74) is 2.60. The van der Waals surface area contributed by atoms with Crippen molar-refractivity contribution in [2.24, 2.45) is 0 Å². The van der Waals surface area contributed by atoms with Crippen molar-refractivity contribution < 1.29 is 4.79 Å². The van der Waals surface area contributed by atoms with Crippen LogP contribution < -0.4 is 0 Å². The first kappa shape index (κ1) is 10.7. The van der Waals surface area contributed by atoms with Gasteiger partial charge in [-0.05, 0) is 5.39 Å². The molecular weight excluding hydrogens is 222 g/mol. The molecule has 0 saturated heterocycles. The van der Waals surface area contributed by atoms with Crippen LogP contribution in [0.4, 0.5) is 0 Å². The maximum atomic E-state index is 11.0. The van der Waals surface area contributed by atoms with Crippen molar-refractivity contribution in [2.45, 2.75) is 0 Å². The predicted octanol–water partition coefficient (Wildman–Crippen LogP) is 3.71. The molecule has 0 atom stereocenters. The summed E-state index contributed by atoms with van der Waals surface area (Å²) >= 11 is 0. The number of hydrogen-bond acceptors (Lipinski definition) is 2. The fraction of sp³-hybridized carbons (Fsp3) is 0. The lowest BCUT2D eigenvalue weighted by Crippen LogP contribution is -1.91. The largest absolute Gasteiger partial charge is 0.298 e. The molecule has 0 fully saturated rings. The first-order valence-electron chi connectivity index (χ1n) is 5.78. The van der Waals surface area contributed by atoms with E-state index < -0.39 is 0 Å². The van der Waals surface area contributed by atoms with Crippen molar-refractivity contribution in [1.82, 2.24) is 4.98 Å². The second kappa shape index (κ2) is 4.41. The molecule has 0 aliphatic carbocycles. The van der Waals surface area contributed by atoms with E-state index in [1.165, 1.54) is 0 Å². The average Bonchev–Trinajstić information content (AvgIpc) is 2.47. The van der Waals surface area contributed by atoms with Gasteiger partial charge < -0.3 is 0 Å². The van der Waals surface area contributed by atoms with Crippen molar-refractivity contribution in [1.29, 1.82) is 0 Å². The Kier molecular flexibility index (Phi) is 2.61. The molecule has 0 aliphatic heterocycles. The third kappa shape index (κ3) is 1.68. The van der Waals surface area contributed by atoms with Gasteiger partial charge in [-0.15, -0.1) is 0 Å². The van der Waals surface area contributed by atoms with E-state index in [4.69, 9.17) is 0 Å². The van der Waals surface area contributed by atoms with E-state index in [0.717, 1.165) is 28.3 Å². The van der Waals surface area contributed by atoms with Crippen LogP contribution in [0.15, 0.2) is 60.8 Å². The van der Waals surface area contributed by atoms with E-state index in [1.54, 1.807) is 6.20 Å². The van der Waals surface area contributed by atoms with Crippen molar-refractivity contribution in [3.05, 3.63) is 66.4 Å². The van der Waals surface area contributed by atoms with E-state index in [2.05, 4.69) is 4.98 Å². The van der Waals surface area contributed by atoms with E-state index in [-0.39, 0.29) is 0 Å². The molecule has 0 spiro atoms. The Morgan fingerprint density at radius 2 is 1.50 bits per heavy atom. The maximum absolute atomic E-state index is 11.0. The summed E-state index contributed by atoms with van der Waals surface area (Å²) in [6.45, 7) is 0. The number of nitrogens with zero attached hydrogens (tertiary/aromatic N) is 1. The number of hydrogen-bond donors (Lipinski definition) is 0. The molecule has 0 unspecified atom stereocenters. The number of aldehydes is 1. The smallest absolute Gasteiger partial charge is 0.152 e. The van der Waals surface area contributed by atoms with Crippen LogP contribution in [0, 0.1) is 0 Å². The van der Waals surface area contributed by atoms with Gasteiger partial charge in [-0.2, -0.15) is 0 Å². The van der Waals surface area contributed by atoms with Gasteiger partial charge in [-0.1, -0.05) is 54.6 Å². The Balaban J connectivity index is 2.35. The fourth-order valence-corrected chi connectivity index (χ4v) is 2.13. The molecule has 2 aromatic carbocycles. The Morgan fingerprint density at radius 1 is 0.833 bits per heavy atom. The average molecular weight is 233 g/mol. The Bertz CT molecular complexity index is 705. The minimum atomic E-state index is 0.630. The molecule has 0 bridgehead atoms. The van der Waals surface area contributed by atoms with E-state index in [1.807, 2.05) is 54.6 Å². The number of benzene rings is 2. The third-order valence-corrected chi connectivity index (χ3v) is 3.00. The zero-order valence-electron chi connectivity index (χ0n) is 9.71. The summed E-state index contributed by atoms with van der Waals surface area (Å²) < 4.78 is 0. The molecule has 2 heteroatoms. The van der Waals surface area contributed by atoms with Gasteiger partial charge in [0.2, 0.25) is 0 Å². The van der Waals surface area contributed by atoms with Crippen LogP contribution in [0.5, 0.6) is 0 Å². The Hall–Kier alpha value is -2.48. The molecule has 0 amide bonds. The number of carbonyl (C=O) groups excluding carboxylic acids is 1. The number of carbonyl (C=O) groups is 1. The molecule has 86 valence electrons. The van der Waals surface area contributed by atoms with Crippen molar-refractivity contribution in [3.8, 4) is 11.3 Å². The number of aromatic nitrogens is 1. The molecule has 1 aromatic heterocycles. The summed E-state index contributed by atoms with van der Waals surface area (Å²) in [5.74, 6) is 0. The molecule has 0 N–H and O–H groups in total. The van der Waals surface area contributed by atoms with Gasteiger partial charge >= 0.3 is 0 Å². The molecular formula is C16H11NO. The van der Waals surface area contributed by atoms with Gasteiger partial charge in [-0.3, -0.25) is 9.78 Å². The van der Waals surface area contributed by atoms with Gasteiger partial charge in [0, 0.05) is 22.7 Å². The summed E-state index contributed by atoms with van der Waals surface area (Å²) in [5, 5.41) is 1.95. The highest BCUT2D eigenvalue weighted by atomic mass is 16.1.